The summed E-state index contributed by atoms with van der Waals surface area (Å²) in [6, 6.07) is 19.9. The van der Waals surface area contributed by atoms with Gasteiger partial charge in [-0.25, -0.2) is 25.4 Å². The van der Waals surface area contributed by atoms with Crippen LogP contribution in [-0.2, 0) is 26.7 Å². The Morgan fingerprint density at radius 3 is 1.73 bits per heavy atom. The molecule has 0 aliphatic carbocycles. The molecule has 192 valence electrons. The minimum absolute atomic E-state index is 0.0967. The van der Waals surface area contributed by atoms with Gasteiger partial charge in [-0.15, -0.1) is 0 Å². The van der Waals surface area contributed by atoms with Crippen molar-refractivity contribution in [3.05, 3.63) is 76.8 Å². The molecule has 0 bridgehead atoms. The van der Waals surface area contributed by atoms with Crippen molar-refractivity contribution in [2.24, 2.45) is 0 Å². The molecule has 0 aromatic heterocycles. The molecule has 37 heavy (non-hydrogen) atoms. The van der Waals surface area contributed by atoms with E-state index in [0.717, 1.165) is 15.3 Å². The molecule has 10 heteroatoms. The smallest absolute Gasteiger partial charge is 0.243 e. The van der Waals surface area contributed by atoms with Crippen LogP contribution in [0.5, 0.6) is 5.75 Å². The molecule has 5 aromatic rings. The molecule has 7 nitrogen and oxygen atoms in total. The molecule has 0 spiro atoms. The van der Waals surface area contributed by atoms with Gasteiger partial charge in [0.05, 0.1) is 9.79 Å². The highest BCUT2D eigenvalue weighted by Gasteiger charge is 2.28. The first-order valence-electron chi connectivity index (χ1n) is 11.4. The summed E-state index contributed by atoms with van der Waals surface area (Å²) in [7, 11) is -1.71. The van der Waals surface area contributed by atoms with Gasteiger partial charge in [-0.2, -0.15) is 0 Å². The van der Waals surface area contributed by atoms with Crippen LogP contribution in [-0.4, -0.2) is 53.6 Å². The first kappa shape index (κ1) is 25.9. The lowest BCUT2D eigenvalue weighted by Gasteiger charge is -2.21. The minimum atomic E-state index is -3.85. The van der Waals surface area contributed by atoms with Gasteiger partial charge in [-0.05, 0) is 28.5 Å². The van der Waals surface area contributed by atoms with E-state index in [9.17, 15) is 16.8 Å². The lowest BCUT2D eigenvalue weighted by Crippen LogP contribution is -2.23. The Balaban J connectivity index is 1.91. The quantitative estimate of drug-likeness (QED) is 0.233. The second kappa shape index (κ2) is 9.21. The van der Waals surface area contributed by atoms with Crippen LogP contribution in [0.15, 0.2) is 81.0 Å². The van der Waals surface area contributed by atoms with Crippen molar-refractivity contribution in [2.45, 2.75) is 16.4 Å². The van der Waals surface area contributed by atoms with E-state index in [-0.39, 0.29) is 16.4 Å². The van der Waals surface area contributed by atoms with Crippen molar-refractivity contribution in [3.63, 3.8) is 0 Å². The summed E-state index contributed by atoms with van der Waals surface area (Å²) in [6.45, 7) is 0.246. The summed E-state index contributed by atoms with van der Waals surface area (Å²) in [6.07, 6.45) is 0. The van der Waals surface area contributed by atoms with Crippen LogP contribution in [0.2, 0.25) is 0 Å². The molecule has 0 N–H and O–H groups in total. The average Bonchev–Trinajstić information content (AvgIpc) is 2.87. The van der Waals surface area contributed by atoms with Crippen molar-refractivity contribution in [3.8, 4) is 5.75 Å². The Hall–Kier alpha value is -2.76. The van der Waals surface area contributed by atoms with Crippen molar-refractivity contribution in [2.75, 3.05) is 28.2 Å². The number of nitrogens with zero attached hydrogens (tertiary/aromatic N) is 2. The zero-order valence-corrected chi connectivity index (χ0v) is 23.9. The number of ether oxygens (including phenoxy) is 1. The van der Waals surface area contributed by atoms with E-state index < -0.39 is 20.0 Å². The fourth-order valence-electron chi connectivity index (χ4n) is 4.53. The van der Waals surface area contributed by atoms with Crippen LogP contribution in [0.1, 0.15) is 5.56 Å². The molecule has 0 aliphatic heterocycles. The first-order chi connectivity index (χ1) is 17.4. The number of hydrogen-bond donors (Lipinski definition) is 0. The molecule has 0 amide bonds. The SMILES string of the molecule is CN(C)S(=O)(=O)c1cc(Br)c2ccc3c(S(=O)(=O)N(C)C)cc(OCc4ccccc4)c4ccc1c2c43. The van der Waals surface area contributed by atoms with E-state index in [0.29, 0.717) is 37.2 Å². The number of halogens is 1. The van der Waals surface area contributed by atoms with Crippen LogP contribution in [0, 0.1) is 0 Å². The van der Waals surface area contributed by atoms with Gasteiger partial charge in [0.15, 0.2) is 0 Å². The van der Waals surface area contributed by atoms with Gasteiger partial charge in [0, 0.05) is 60.3 Å². The molecular formula is C27H25BrN2O5S2. The normalized spacial score (nSPS) is 12.9. The van der Waals surface area contributed by atoms with Crippen molar-refractivity contribution < 1.29 is 21.6 Å². The molecule has 0 unspecified atom stereocenters. The maximum Gasteiger partial charge on any atom is 0.243 e. The molecule has 0 atom stereocenters. The second-order valence-corrected chi connectivity index (χ2v) is 14.2. The highest BCUT2D eigenvalue weighted by atomic mass is 79.9. The summed E-state index contributed by atoms with van der Waals surface area (Å²) in [5.74, 6) is 0.406. The van der Waals surface area contributed by atoms with Crippen molar-refractivity contribution in [1.29, 1.82) is 0 Å². The molecule has 5 rings (SSSR count). The van der Waals surface area contributed by atoms with Gasteiger partial charge in [0.25, 0.3) is 0 Å². The summed E-state index contributed by atoms with van der Waals surface area (Å²) < 4.78 is 62.5. The Morgan fingerprint density at radius 2 is 1.16 bits per heavy atom. The van der Waals surface area contributed by atoms with Gasteiger partial charge in [-0.3, -0.25) is 0 Å². The molecule has 5 aromatic carbocycles. The largest absolute Gasteiger partial charge is 0.488 e. The molecule has 0 heterocycles. The maximum absolute atomic E-state index is 13.4. The fourth-order valence-corrected chi connectivity index (χ4v) is 7.45. The Labute approximate surface area is 224 Å². The van der Waals surface area contributed by atoms with Crippen LogP contribution < -0.4 is 4.74 Å². The third-order valence-corrected chi connectivity index (χ3v) is 10.9. The highest BCUT2D eigenvalue weighted by Crippen LogP contribution is 2.46. The third kappa shape index (κ3) is 4.17. The lowest BCUT2D eigenvalue weighted by molar-refractivity contribution is 0.309. The standard InChI is InChI=1S/C27H25BrN2O5S2/c1-29(2)36(31,32)24-14-22(28)18-10-12-21-25(37(33,34)30(3)4)15-23(35-16-17-8-6-5-7-9-17)19-11-13-20(24)26(18)27(19)21/h5-15H,16H2,1-4H3. The first-order valence-corrected chi connectivity index (χ1v) is 15.1. The van der Waals surface area contributed by atoms with Crippen molar-refractivity contribution in [1.82, 2.24) is 8.61 Å². The highest BCUT2D eigenvalue weighted by molar-refractivity contribution is 9.10. The van der Waals surface area contributed by atoms with Gasteiger partial charge in [0.2, 0.25) is 20.0 Å². The topological polar surface area (TPSA) is 84.0 Å². The summed E-state index contributed by atoms with van der Waals surface area (Å²) >= 11 is 3.55. The third-order valence-electron chi connectivity index (χ3n) is 6.49. The Kier molecular flexibility index (Phi) is 6.44. The molecule has 0 fully saturated rings. The summed E-state index contributed by atoms with van der Waals surface area (Å²) in [4.78, 5) is 0.235. The maximum atomic E-state index is 13.4. The van der Waals surface area contributed by atoms with E-state index in [1.807, 2.05) is 36.4 Å². The molecule has 0 saturated carbocycles. The zero-order chi connectivity index (χ0) is 26.7. The molecule has 0 aliphatic rings. The number of benzene rings is 5. The predicted molar refractivity (Wildman–Crippen MR) is 150 cm³/mol. The Bertz CT molecular complexity index is 1870. The average molecular weight is 602 g/mol. The van der Waals surface area contributed by atoms with Crippen LogP contribution >= 0.6 is 15.9 Å². The molecule has 0 radical (unpaired) electrons. The number of sulfonamides is 2. The van der Waals surface area contributed by atoms with E-state index in [1.54, 1.807) is 30.3 Å². The Morgan fingerprint density at radius 1 is 0.676 bits per heavy atom. The monoisotopic (exact) mass is 600 g/mol. The molecular weight excluding hydrogens is 576 g/mol. The number of rotatable bonds is 7. The van der Waals surface area contributed by atoms with E-state index in [1.165, 1.54) is 32.5 Å². The van der Waals surface area contributed by atoms with Gasteiger partial charge < -0.3 is 4.74 Å². The van der Waals surface area contributed by atoms with E-state index in [4.69, 9.17) is 4.74 Å². The van der Waals surface area contributed by atoms with Gasteiger partial charge >= 0.3 is 0 Å². The van der Waals surface area contributed by atoms with Gasteiger partial charge in [0.1, 0.15) is 12.4 Å². The number of hydrogen-bond acceptors (Lipinski definition) is 5. The van der Waals surface area contributed by atoms with E-state index >= 15 is 0 Å². The predicted octanol–water partition coefficient (Wildman–Crippen LogP) is 5.43. The minimum Gasteiger partial charge on any atom is -0.488 e. The summed E-state index contributed by atoms with van der Waals surface area (Å²) in [5, 5.41) is 3.79. The van der Waals surface area contributed by atoms with Crippen molar-refractivity contribution >= 4 is 68.3 Å². The van der Waals surface area contributed by atoms with E-state index in [2.05, 4.69) is 15.9 Å². The zero-order valence-electron chi connectivity index (χ0n) is 20.7. The summed E-state index contributed by atoms with van der Waals surface area (Å²) in [5.41, 5.74) is 0.937. The second-order valence-electron chi connectivity index (χ2n) is 9.15. The fraction of sp³-hybridized carbons (Fsp3) is 0.185. The van der Waals surface area contributed by atoms with Crippen LogP contribution in [0.4, 0.5) is 0 Å². The van der Waals surface area contributed by atoms with Gasteiger partial charge in [-0.1, -0.05) is 64.5 Å². The lowest BCUT2D eigenvalue weighted by atomic mass is 9.94. The molecule has 0 saturated heterocycles. The van der Waals surface area contributed by atoms with Crippen LogP contribution in [0.3, 0.4) is 0 Å². The van der Waals surface area contributed by atoms with Crippen LogP contribution in [0.25, 0.3) is 32.3 Å².